The number of hydrogen-bond acceptors (Lipinski definition) is 6. The fourth-order valence-corrected chi connectivity index (χ4v) is 15.8. The third-order valence-electron chi connectivity index (χ3n) is 14.2. The number of hydrogen-bond donors (Lipinski definition) is 0. The van der Waals surface area contributed by atoms with Crippen molar-refractivity contribution in [2.75, 3.05) is 52.4 Å². The van der Waals surface area contributed by atoms with Crippen LogP contribution >= 0.6 is 7.26 Å². The fourth-order valence-electron chi connectivity index (χ4n) is 11.7. The van der Waals surface area contributed by atoms with Gasteiger partial charge in [0.05, 0.1) is 51.2 Å². The standard InChI is InChI=1S/C46H60O6P/c1-43-24-20-40-44(2)22-13-23-45(3,39(44)21-25-46(40,35-43)34-41(43)47)42(48)52-31-30-50-27-26-49-28-29-51-32-33-53(36-14-7-4-8-15-36,37-16-9-5-10-17-37)38-18-11-6-12-19-38/h4-12,14-19,39-40H,13,20-35H2,1-3H3/q+1/t39-,40-,43-,44+,45+,46-/m0/s1. The molecule has 4 saturated carbocycles. The van der Waals surface area contributed by atoms with Crippen LogP contribution < -0.4 is 15.9 Å². The lowest BCUT2D eigenvalue weighted by atomic mass is 9.40. The van der Waals surface area contributed by atoms with Gasteiger partial charge in [-0.3, -0.25) is 9.59 Å². The summed E-state index contributed by atoms with van der Waals surface area (Å²) in [5.41, 5.74) is -0.353. The zero-order chi connectivity index (χ0) is 37.0. The highest BCUT2D eigenvalue weighted by molar-refractivity contribution is 7.95. The van der Waals surface area contributed by atoms with E-state index in [0.717, 1.165) is 63.9 Å². The summed E-state index contributed by atoms with van der Waals surface area (Å²) in [5.74, 6) is 1.26. The minimum absolute atomic E-state index is 0.0669. The predicted molar refractivity (Wildman–Crippen MR) is 214 cm³/mol. The smallest absolute Gasteiger partial charge is 0.312 e. The van der Waals surface area contributed by atoms with Crippen LogP contribution in [0.2, 0.25) is 0 Å². The van der Waals surface area contributed by atoms with E-state index in [1.54, 1.807) is 0 Å². The Bertz CT molecular complexity index is 1590. The minimum Gasteiger partial charge on any atom is -0.463 e. The monoisotopic (exact) mass is 739 g/mol. The Labute approximate surface area is 318 Å². The van der Waals surface area contributed by atoms with Crippen molar-refractivity contribution in [3.05, 3.63) is 91.0 Å². The molecule has 4 aliphatic rings. The Morgan fingerprint density at radius 2 is 1.15 bits per heavy atom. The van der Waals surface area contributed by atoms with Crippen LogP contribution in [0.5, 0.6) is 0 Å². The summed E-state index contributed by atoms with van der Waals surface area (Å²) in [6.45, 7) is 10.0. The Balaban J connectivity index is 0.825. The molecule has 3 aromatic rings. The van der Waals surface area contributed by atoms with Gasteiger partial charge in [-0.1, -0.05) is 74.9 Å². The minimum atomic E-state index is -1.91. The van der Waals surface area contributed by atoms with Crippen LogP contribution in [0.15, 0.2) is 91.0 Å². The Morgan fingerprint density at radius 1 is 0.642 bits per heavy atom. The Morgan fingerprint density at radius 3 is 1.72 bits per heavy atom. The SMILES string of the molecule is C[C@@]12CC[C@@H]3[C@@](CC[C@H]4[C@@]3(C)CCC[C@@]4(C)C(=O)OCCOCCOCCOCC[P+](c3ccccc3)(c3ccccc3)c3ccccc3)(CC1=O)C2. The lowest BCUT2D eigenvalue weighted by Crippen LogP contribution is -2.58. The molecule has 3 aromatic carbocycles. The summed E-state index contributed by atoms with van der Waals surface area (Å²) in [6.07, 6.45) is 10.0. The zero-order valence-electron chi connectivity index (χ0n) is 32.2. The molecule has 0 saturated heterocycles. The molecule has 0 aromatic heterocycles. The van der Waals surface area contributed by atoms with Crippen molar-refractivity contribution in [3.8, 4) is 0 Å². The number of carbonyl (C=O) groups excluding carboxylic acids is 2. The van der Waals surface area contributed by atoms with Crippen LogP contribution in [-0.2, 0) is 28.5 Å². The highest BCUT2D eigenvalue weighted by Crippen LogP contribution is 2.73. The number of fused-ring (bicyclic) bond motifs is 3. The molecule has 2 bridgehead atoms. The molecule has 6 nitrogen and oxygen atoms in total. The first-order valence-electron chi connectivity index (χ1n) is 20.2. The van der Waals surface area contributed by atoms with Gasteiger partial charge < -0.3 is 18.9 Å². The van der Waals surface area contributed by atoms with Crippen molar-refractivity contribution in [3.63, 3.8) is 0 Å². The van der Waals surface area contributed by atoms with Gasteiger partial charge in [-0.2, -0.15) is 0 Å². The van der Waals surface area contributed by atoms with Crippen molar-refractivity contribution in [2.24, 2.45) is 33.5 Å². The van der Waals surface area contributed by atoms with E-state index in [2.05, 4.69) is 112 Å². The fraction of sp³-hybridized carbons (Fsp3) is 0.565. The third-order valence-corrected chi connectivity index (χ3v) is 18.6. The lowest BCUT2D eigenvalue weighted by molar-refractivity contribution is -0.188. The van der Waals surface area contributed by atoms with E-state index in [0.29, 0.717) is 57.3 Å². The number of Topliss-reactive ketones (excluding diaryl/α,β-unsaturated/α-hetero) is 1. The van der Waals surface area contributed by atoms with E-state index < -0.39 is 12.7 Å². The summed E-state index contributed by atoms with van der Waals surface area (Å²) in [5, 5.41) is 4.08. The summed E-state index contributed by atoms with van der Waals surface area (Å²) in [6, 6.07) is 32.6. The number of carbonyl (C=O) groups is 2. The van der Waals surface area contributed by atoms with E-state index in [-0.39, 0.29) is 28.8 Å². The van der Waals surface area contributed by atoms with Crippen molar-refractivity contribution >= 4 is 34.9 Å². The lowest BCUT2D eigenvalue weighted by Gasteiger charge is -2.63. The summed E-state index contributed by atoms with van der Waals surface area (Å²) < 4.78 is 23.7. The first-order valence-corrected chi connectivity index (χ1v) is 22.1. The molecule has 53 heavy (non-hydrogen) atoms. The third kappa shape index (κ3) is 7.31. The average molecular weight is 740 g/mol. The van der Waals surface area contributed by atoms with Gasteiger partial charge in [-0.25, -0.2) is 0 Å². The van der Waals surface area contributed by atoms with E-state index in [1.165, 1.54) is 15.9 Å². The second-order valence-corrected chi connectivity index (χ2v) is 20.8. The van der Waals surface area contributed by atoms with Crippen LogP contribution in [0.3, 0.4) is 0 Å². The molecule has 0 heterocycles. The zero-order valence-corrected chi connectivity index (χ0v) is 33.1. The van der Waals surface area contributed by atoms with E-state index in [1.807, 2.05) is 0 Å². The number of rotatable bonds is 16. The van der Waals surface area contributed by atoms with E-state index in [9.17, 15) is 9.59 Å². The molecule has 0 N–H and O–H groups in total. The van der Waals surface area contributed by atoms with Crippen molar-refractivity contribution < 1.29 is 28.5 Å². The second kappa shape index (κ2) is 16.1. The number of benzene rings is 3. The van der Waals surface area contributed by atoms with Crippen LogP contribution in [-0.4, -0.2) is 64.2 Å². The molecular formula is C46H60O6P+. The van der Waals surface area contributed by atoms with Gasteiger partial charge in [0.25, 0.3) is 0 Å². The van der Waals surface area contributed by atoms with Crippen molar-refractivity contribution in [2.45, 2.75) is 78.6 Å². The van der Waals surface area contributed by atoms with Gasteiger partial charge >= 0.3 is 5.97 Å². The molecule has 1 spiro atoms. The van der Waals surface area contributed by atoms with Crippen LogP contribution in [0.1, 0.15) is 78.6 Å². The van der Waals surface area contributed by atoms with Gasteiger partial charge in [0.1, 0.15) is 35.6 Å². The number of ketones is 1. The normalized spacial score (nSPS) is 30.7. The van der Waals surface area contributed by atoms with Crippen molar-refractivity contribution in [1.82, 2.24) is 0 Å². The van der Waals surface area contributed by atoms with Gasteiger partial charge in [-0.05, 0) is 111 Å². The maximum Gasteiger partial charge on any atom is 0.312 e. The molecule has 7 rings (SSSR count). The quantitative estimate of drug-likeness (QED) is 0.0845. The maximum absolute atomic E-state index is 13.7. The van der Waals surface area contributed by atoms with E-state index in [4.69, 9.17) is 18.9 Å². The second-order valence-electron chi connectivity index (χ2n) is 17.2. The summed E-state index contributed by atoms with van der Waals surface area (Å²) >= 11 is 0. The molecule has 4 aliphatic carbocycles. The molecule has 284 valence electrons. The molecule has 0 unspecified atom stereocenters. The molecule has 4 fully saturated rings. The first kappa shape index (κ1) is 38.4. The highest BCUT2D eigenvalue weighted by Gasteiger charge is 2.68. The van der Waals surface area contributed by atoms with Gasteiger partial charge in [0, 0.05) is 11.8 Å². The molecule has 7 heteroatoms. The summed E-state index contributed by atoms with van der Waals surface area (Å²) in [7, 11) is -1.91. The average Bonchev–Trinajstić information content (AvgIpc) is 3.36. The van der Waals surface area contributed by atoms with Crippen LogP contribution in [0.25, 0.3) is 0 Å². The van der Waals surface area contributed by atoms with Gasteiger partial charge in [0.15, 0.2) is 0 Å². The Hall–Kier alpha value is -2.89. The maximum atomic E-state index is 13.7. The number of esters is 1. The highest BCUT2D eigenvalue weighted by atomic mass is 31.2. The topological polar surface area (TPSA) is 71.1 Å². The van der Waals surface area contributed by atoms with Crippen molar-refractivity contribution in [1.29, 1.82) is 0 Å². The number of ether oxygens (including phenoxy) is 4. The molecule has 6 atom stereocenters. The molecule has 0 aliphatic heterocycles. The van der Waals surface area contributed by atoms with E-state index >= 15 is 0 Å². The molecule has 0 radical (unpaired) electrons. The summed E-state index contributed by atoms with van der Waals surface area (Å²) in [4.78, 5) is 26.8. The van der Waals surface area contributed by atoms with Gasteiger partial charge in [-0.15, -0.1) is 0 Å². The van der Waals surface area contributed by atoms with Crippen LogP contribution in [0, 0.1) is 33.5 Å². The molecule has 0 amide bonds. The Kier molecular flexibility index (Phi) is 11.6. The largest absolute Gasteiger partial charge is 0.463 e. The van der Waals surface area contributed by atoms with Crippen LogP contribution in [0.4, 0.5) is 0 Å². The predicted octanol–water partition coefficient (Wildman–Crippen LogP) is 7.95. The molecular weight excluding hydrogens is 679 g/mol. The first-order chi connectivity index (χ1) is 25.7. The van der Waals surface area contributed by atoms with Gasteiger partial charge in [0.2, 0.25) is 0 Å².